The first-order valence-electron chi connectivity index (χ1n) is 4.71. The van der Waals surface area contributed by atoms with E-state index in [1.54, 1.807) is 18.5 Å². The van der Waals surface area contributed by atoms with E-state index in [1.165, 1.54) is 0 Å². The van der Waals surface area contributed by atoms with Gasteiger partial charge < -0.3 is 10.8 Å². The maximum atomic E-state index is 10.1. The first-order chi connectivity index (χ1) is 7.29. The normalized spacial score (nSPS) is 12.3. The van der Waals surface area contributed by atoms with Gasteiger partial charge in [-0.1, -0.05) is 30.3 Å². The van der Waals surface area contributed by atoms with Gasteiger partial charge in [-0.2, -0.15) is 0 Å². The summed E-state index contributed by atoms with van der Waals surface area (Å²) in [4.78, 5) is 3.95. The van der Waals surface area contributed by atoms with Crippen LogP contribution >= 0.6 is 0 Å². The fourth-order valence-electron chi connectivity index (χ4n) is 1.46. The number of nitrogens with zero attached hydrogens (tertiary/aromatic N) is 1. The van der Waals surface area contributed by atoms with Gasteiger partial charge >= 0.3 is 0 Å². The van der Waals surface area contributed by atoms with Crippen LogP contribution in [0.3, 0.4) is 0 Å². The van der Waals surface area contributed by atoms with E-state index in [4.69, 9.17) is 5.73 Å². The number of nitrogen functional groups attached to an aromatic ring is 1. The molecule has 15 heavy (non-hydrogen) atoms. The van der Waals surface area contributed by atoms with Crippen molar-refractivity contribution in [3.8, 4) is 0 Å². The molecular weight excluding hydrogens is 188 g/mol. The Morgan fingerprint density at radius 3 is 2.53 bits per heavy atom. The molecule has 0 aliphatic rings. The van der Waals surface area contributed by atoms with Crippen LogP contribution in [0.25, 0.3) is 0 Å². The Hall–Kier alpha value is -1.87. The Balaban J connectivity index is 2.37. The number of benzene rings is 1. The third-order valence-electron chi connectivity index (χ3n) is 2.30. The summed E-state index contributed by atoms with van der Waals surface area (Å²) in [7, 11) is 0. The molecule has 0 fully saturated rings. The Labute approximate surface area is 88.2 Å². The van der Waals surface area contributed by atoms with Crippen LogP contribution < -0.4 is 5.73 Å². The third-order valence-corrected chi connectivity index (χ3v) is 2.30. The van der Waals surface area contributed by atoms with Gasteiger partial charge in [-0.05, 0) is 11.6 Å². The molecule has 2 aromatic rings. The molecule has 1 aromatic heterocycles. The van der Waals surface area contributed by atoms with Crippen molar-refractivity contribution in [1.29, 1.82) is 0 Å². The molecule has 0 radical (unpaired) electrons. The summed E-state index contributed by atoms with van der Waals surface area (Å²) in [5, 5.41) is 10.1. The Kier molecular flexibility index (Phi) is 2.65. The molecule has 0 bridgehead atoms. The number of anilines is 1. The van der Waals surface area contributed by atoms with Gasteiger partial charge in [0.05, 0.1) is 0 Å². The average molecular weight is 200 g/mol. The Morgan fingerprint density at radius 2 is 1.87 bits per heavy atom. The van der Waals surface area contributed by atoms with Crippen molar-refractivity contribution in [2.24, 2.45) is 0 Å². The molecule has 3 N–H and O–H groups in total. The van der Waals surface area contributed by atoms with Crippen LogP contribution in [0.15, 0.2) is 48.8 Å². The van der Waals surface area contributed by atoms with E-state index < -0.39 is 6.10 Å². The second-order valence-electron chi connectivity index (χ2n) is 3.32. The molecule has 2 rings (SSSR count). The summed E-state index contributed by atoms with van der Waals surface area (Å²) < 4.78 is 0. The van der Waals surface area contributed by atoms with Crippen molar-refractivity contribution in [3.63, 3.8) is 0 Å². The highest BCUT2D eigenvalue weighted by molar-refractivity contribution is 5.48. The number of aliphatic hydroxyl groups excluding tert-OH is 1. The molecule has 0 amide bonds. The van der Waals surface area contributed by atoms with Crippen molar-refractivity contribution >= 4 is 5.69 Å². The van der Waals surface area contributed by atoms with Gasteiger partial charge in [-0.25, -0.2) is 0 Å². The fourth-order valence-corrected chi connectivity index (χ4v) is 1.46. The highest BCUT2D eigenvalue weighted by Gasteiger charge is 2.12. The van der Waals surface area contributed by atoms with Gasteiger partial charge in [0, 0.05) is 23.6 Å². The number of aliphatic hydroxyl groups is 1. The number of rotatable bonds is 2. The molecule has 1 atom stereocenters. The second-order valence-corrected chi connectivity index (χ2v) is 3.32. The predicted octanol–water partition coefficient (Wildman–Crippen LogP) is 1.75. The van der Waals surface area contributed by atoms with Gasteiger partial charge in [0.1, 0.15) is 6.10 Å². The quantitative estimate of drug-likeness (QED) is 0.776. The van der Waals surface area contributed by atoms with Crippen LogP contribution in [0.5, 0.6) is 0 Å². The number of pyridine rings is 1. The van der Waals surface area contributed by atoms with Gasteiger partial charge in [-0.3, -0.25) is 4.98 Å². The van der Waals surface area contributed by atoms with Gasteiger partial charge in [0.15, 0.2) is 0 Å². The minimum absolute atomic E-state index is 0.557. The standard InChI is InChI=1S/C12H12N2O/c13-11-6-7-14-8-10(11)12(15)9-4-2-1-3-5-9/h1-8,12,15H,(H2,13,14). The van der Waals surface area contributed by atoms with E-state index >= 15 is 0 Å². The van der Waals surface area contributed by atoms with Crippen LogP contribution in [0, 0.1) is 0 Å². The van der Waals surface area contributed by atoms with Crippen LogP contribution in [-0.4, -0.2) is 10.1 Å². The van der Waals surface area contributed by atoms with E-state index in [9.17, 15) is 5.11 Å². The lowest BCUT2D eigenvalue weighted by Gasteiger charge is -2.12. The van der Waals surface area contributed by atoms with E-state index in [2.05, 4.69) is 4.98 Å². The molecule has 1 unspecified atom stereocenters. The van der Waals surface area contributed by atoms with Crippen molar-refractivity contribution < 1.29 is 5.11 Å². The molecule has 76 valence electrons. The molecule has 0 spiro atoms. The van der Waals surface area contributed by atoms with E-state index in [-0.39, 0.29) is 0 Å². The maximum Gasteiger partial charge on any atom is 0.108 e. The highest BCUT2D eigenvalue weighted by Crippen LogP contribution is 2.24. The van der Waals surface area contributed by atoms with Crippen LogP contribution in [0.2, 0.25) is 0 Å². The zero-order valence-electron chi connectivity index (χ0n) is 8.17. The molecule has 0 saturated carbocycles. The summed E-state index contributed by atoms with van der Waals surface area (Å²) in [5.41, 5.74) is 7.77. The molecule has 3 heteroatoms. The Morgan fingerprint density at radius 1 is 1.13 bits per heavy atom. The van der Waals surface area contributed by atoms with Gasteiger partial charge in [0.25, 0.3) is 0 Å². The maximum absolute atomic E-state index is 10.1. The van der Waals surface area contributed by atoms with E-state index in [1.807, 2.05) is 30.3 Å². The van der Waals surface area contributed by atoms with Crippen molar-refractivity contribution in [1.82, 2.24) is 4.98 Å². The summed E-state index contributed by atoms with van der Waals surface area (Å²) in [6.07, 6.45) is 2.49. The SMILES string of the molecule is Nc1ccncc1C(O)c1ccccc1. The lowest BCUT2D eigenvalue weighted by Crippen LogP contribution is -2.03. The fraction of sp³-hybridized carbons (Fsp3) is 0.0833. The first kappa shape index (κ1) is 9.68. The molecule has 0 aliphatic carbocycles. The van der Waals surface area contributed by atoms with Gasteiger partial charge in [-0.15, -0.1) is 0 Å². The number of nitrogens with two attached hydrogens (primary N) is 1. The lowest BCUT2D eigenvalue weighted by atomic mass is 10.0. The topological polar surface area (TPSA) is 59.1 Å². The van der Waals surface area contributed by atoms with E-state index in [0.29, 0.717) is 11.3 Å². The molecule has 0 saturated heterocycles. The second kappa shape index (κ2) is 4.11. The first-order valence-corrected chi connectivity index (χ1v) is 4.71. The Bertz CT molecular complexity index is 442. The minimum atomic E-state index is -0.708. The molecule has 1 aromatic carbocycles. The predicted molar refractivity (Wildman–Crippen MR) is 59.2 cm³/mol. The summed E-state index contributed by atoms with van der Waals surface area (Å²) in [5.74, 6) is 0. The molecule has 3 nitrogen and oxygen atoms in total. The molecular formula is C12H12N2O. The summed E-state index contributed by atoms with van der Waals surface area (Å²) in [6, 6.07) is 11.1. The van der Waals surface area contributed by atoms with Crippen LogP contribution in [0.4, 0.5) is 5.69 Å². The zero-order chi connectivity index (χ0) is 10.7. The van der Waals surface area contributed by atoms with Crippen LogP contribution in [-0.2, 0) is 0 Å². The zero-order valence-corrected chi connectivity index (χ0v) is 8.17. The van der Waals surface area contributed by atoms with Gasteiger partial charge in [0.2, 0.25) is 0 Å². The summed E-state index contributed by atoms with van der Waals surface area (Å²) >= 11 is 0. The third kappa shape index (κ3) is 1.97. The number of hydrogen-bond donors (Lipinski definition) is 2. The number of aromatic nitrogens is 1. The molecule has 0 aliphatic heterocycles. The van der Waals surface area contributed by atoms with Crippen LogP contribution in [0.1, 0.15) is 17.2 Å². The van der Waals surface area contributed by atoms with Crippen molar-refractivity contribution in [3.05, 3.63) is 59.9 Å². The summed E-state index contributed by atoms with van der Waals surface area (Å²) in [6.45, 7) is 0. The average Bonchev–Trinajstić information content (AvgIpc) is 2.30. The minimum Gasteiger partial charge on any atom is -0.398 e. The number of hydrogen-bond acceptors (Lipinski definition) is 3. The molecule has 1 heterocycles. The van der Waals surface area contributed by atoms with Crippen molar-refractivity contribution in [2.75, 3.05) is 5.73 Å². The van der Waals surface area contributed by atoms with Crippen molar-refractivity contribution in [2.45, 2.75) is 6.10 Å². The smallest absolute Gasteiger partial charge is 0.108 e. The highest BCUT2D eigenvalue weighted by atomic mass is 16.3. The largest absolute Gasteiger partial charge is 0.398 e. The van der Waals surface area contributed by atoms with E-state index in [0.717, 1.165) is 5.56 Å². The monoisotopic (exact) mass is 200 g/mol. The lowest BCUT2D eigenvalue weighted by molar-refractivity contribution is 0.220.